The molecule has 0 aliphatic carbocycles. The van der Waals surface area contributed by atoms with Crippen molar-refractivity contribution in [1.29, 1.82) is 0 Å². The highest BCUT2D eigenvalue weighted by Crippen LogP contribution is 2.25. The van der Waals surface area contributed by atoms with Gasteiger partial charge in [0.25, 0.3) is 5.91 Å². The second-order valence-corrected chi connectivity index (χ2v) is 5.78. The second-order valence-electron chi connectivity index (χ2n) is 5.01. The maximum atomic E-state index is 12.5. The number of nitrogens with zero attached hydrogens (tertiary/aromatic N) is 1. The first-order chi connectivity index (χ1) is 12.0. The lowest BCUT2D eigenvalue weighted by Gasteiger charge is -2.10. The number of rotatable bonds is 7. The molecule has 0 saturated heterocycles. The smallest absolute Gasteiger partial charge is 0.411 e. The maximum Gasteiger partial charge on any atom is 0.411 e. The monoisotopic (exact) mass is 364 g/mol. The normalized spacial score (nSPS) is 10.2. The van der Waals surface area contributed by atoms with Crippen molar-refractivity contribution in [3.8, 4) is 0 Å². The highest BCUT2D eigenvalue weighted by atomic mass is 32.1. The van der Waals surface area contributed by atoms with Crippen molar-refractivity contribution in [2.45, 2.75) is 6.92 Å². The van der Waals surface area contributed by atoms with E-state index >= 15 is 0 Å². The fraction of sp³-hybridized carbons (Fsp3) is 0.312. The fourth-order valence-electron chi connectivity index (χ4n) is 2.05. The molecule has 2 rings (SSSR count). The van der Waals surface area contributed by atoms with Crippen LogP contribution in [0.15, 0.2) is 24.3 Å². The van der Waals surface area contributed by atoms with Crippen LogP contribution < -0.4 is 16.0 Å². The van der Waals surface area contributed by atoms with Gasteiger partial charge >= 0.3 is 6.09 Å². The number of nitrogens with one attached hydrogen (secondary N) is 3. The van der Waals surface area contributed by atoms with Crippen LogP contribution in [0.25, 0.3) is 0 Å². The Hall–Kier alpha value is -2.65. The number of ether oxygens (including phenoxy) is 2. The second kappa shape index (κ2) is 9.00. The summed E-state index contributed by atoms with van der Waals surface area (Å²) >= 11 is 1.23. The summed E-state index contributed by atoms with van der Waals surface area (Å²) in [4.78, 5) is 24.1. The molecule has 2 aromatic rings. The van der Waals surface area contributed by atoms with Gasteiger partial charge in [-0.2, -0.15) is 4.37 Å². The van der Waals surface area contributed by atoms with E-state index < -0.39 is 6.09 Å². The minimum absolute atomic E-state index is 0.163. The van der Waals surface area contributed by atoms with E-state index in [0.29, 0.717) is 34.2 Å². The number of carbonyl (C=O) groups is 2. The Balaban J connectivity index is 2.02. The third kappa shape index (κ3) is 5.16. The van der Waals surface area contributed by atoms with Gasteiger partial charge in [0.2, 0.25) is 0 Å². The molecule has 0 fully saturated rings. The molecule has 0 aliphatic rings. The van der Waals surface area contributed by atoms with Gasteiger partial charge < -0.3 is 20.1 Å². The topological polar surface area (TPSA) is 102 Å². The quantitative estimate of drug-likeness (QED) is 0.653. The molecule has 134 valence electrons. The van der Waals surface area contributed by atoms with E-state index in [1.807, 2.05) is 0 Å². The summed E-state index contributed by atoms with van der Waals surface area (Å²) in [5.41, 5.74) is 2.22. The molecular formula is C16H20N4O4S. The summed E-state index contributed by atoms with van der Waals surface area (Å²) in [7, 11) is 3.26. The Morgan fingerprint density at radius 1 is 1.20 bits per heavy atom. The Kier molecular flexibility index (Phi) is 6.72. The Morgan fingerprint density at radius 3 is 2.60 bits per heavy atom. The molecular weight excluding hydrogens is 344 g/mol. The third-order valence-electron chi connectivity index (χ3n) is 3.20. The zero-order chi connectivity index (χ0) is 18.2. The summed E-state index contributed by atoms with van der Waals surface area (Å²) in [5.74, 6) is -0.268. The number of anilines is 3. The molecule has 0 unspecified atom stereocenters. The standard InChI is InChI=1S/C16H20N4O4S/c1-10-13(15(17-2)25-20-10)14(21)18-11-5-4-6-12(9-11)19-16(22)24-8-7-23-3/h4-6,9,17H,7-8H2,1-3H3,(H,18,21)(H,19,22). The van der Waals surface area contributed by atoms with Gasteiger partial charge in [-0.15, -0.1) is 0 Å². The van der Waals surface area contributed by atoms with Gasteiger partial charge in [-0.3, -0.25) is 10.1 Å². The molecule has 0 spiro atoms. The first-order valence-electron chi connectivity index (χ1n) is 7.53. The summed E-state index contributed by atoms with van der Waals surface area (Å²) in [6, 6.07) is 6.79. The van der Waals surface area contributed by atoms with E-state index in [0.717, 1.165) is 0 Å². The van der Waals surface area contributed by atoms with Gasteiger partial charge in [0.1, 0.15) is 11.6 Å². The summed E-state index contributed by atoms with van der Waals surface area (Å²) in [6.07, 6.45) is -0.587. The van der Waals surface area contributed by atoms with Crippen molar-refractivity contribution < 1.29 is 19.1 Å². The van der Waals surface area contributed by atoms with Crippen molar-refractivity contribution in [3.63, 3.8) is 0 Å². The average Bonchev–Trinajstić information content (AvgIpc) is 2.96. The molecule has 0 bridgehead atoms. The van der Waals surface area contributed by atoms with Gasteiger partial charge in [-0.05, 0) is 36.7 Å². The average molecular weight is 364 g/mol. The van der Waals surface area contributed by atoms with E-state index in [2.05, 4.69) is 20.3 Å². The minimum Gasteiger partial charge on any atom is -0.447 e. The lowest BCUT2D eigenvalue weighted by molar-refractivity contribution is 0.102. The van der Waals surface area contributed by atoms with Crippen LogP contribution in [0.4, 0.5) is 21.2 Å². The first-order valence-corrected chi connectivity index (χ1v) is 8.30. The largest absolute Gasteiger partial charge is 0.447 e. The molecule has 0 saturated carbocycles. The minimum atomic E-state index is -0.587. The molecule has 0 radical (unpaired) electrons. The molecule has 0 atom stereocenters. The molecule has 1 aromatic carbocycles. The molecule has 2 amide bonds. The van der Waals surface area contributed by atoms with E-state index in [-0.39, 0.29) is 12.5 Å². The molecule has 8 nitrogen and oxygen atoms in total. The van der Waals surface area contributed by atoms with Crippen LogP contribution in [0, 0.1) is 6.92 Å². The van der Waals surface area contributed by atoms with E-state index in [1.165, 1.54) is 18.6 Å². The van der Waals surface area contributed by atoms with Crippen LogP contribution in [-0.4, -0.2) is 43.7 Å². The summed E-state index contributed by atoms with van der Waals surface area (Å²) in [6.45, 7) is 2.27. The van der Waals surface area contributed by atoms with Crippen LogP contribution >= 0.6 is 11.5 Å². The van der Waals surface area contributed by atoms with Gasteiger partial charge in [-0.25, -0.2) is 4.79 Å². The lowest BCUT2D eigenvalue weighted by atomic mass is 10.2. The number of methoxy groups -OCH3 is 1. The van der Waals surface area contributed by atoms with E-state index in [1.54, 1.807) is 38.2 Å². The number of aromatic nitrogens is 1. The number of benzene rings is 1. The van der Waals surface area contributed by atoms with Crippen molar-refractivity contribution in [2.75, 3.05) is 43.3 Å². The van der Waals surface area contributed by atoms with E-state index in [4.69, 9.17) is 9.47 Å². The summed E-state index contributed by atoms with van der Waals surface area (Å²) in [5, 5.41) is 9.05. The molecule has 9 heteroatoms. The predicted molar refractivity (Wildman–Crippen MR) is 97.6 cm³/mol. The molecule has 1 heterocycles. The first kappa shape index (κ1) is 18.7. The van der Waals surface area contributed by atoms with Crippen molar-refractivity contribution in [3.05, 3.63) is 35.5 Å². The van der Waals surface area contributed by atoms with Crippen LogP contribution in [0.5, 0.6) is 0 Å². The van der Waals surface area contributed by atoms with Crippen LogP contribution in [0.3, 0.4) is 0 Å². The van der Waals surface area contributed by atoms with Crippen LogP contribution in [0.1, 0.15) is 16.1 Å². The SMILES string of the molecule is CNc1snc(C)c1C(=O)Nc1cccc(NC(=O)OCCOC)c1. The number of hydrogen-bond acceptors (Lipinski definition) is 7. The number of carbonyl (C=O) groups excluding carboxylic acids is 2. The summed E-state index contributed by atoms with van der Waals surface area (Å²) < 4.78 is 13.9. The van der Waals surface area contributed by atoms with Crippen molar-refractivity contribution in [2.24, 2.45) is 0 Å². The lowest BCUT2D eigenvalue weighted by Crippen LogP contribution is -2.17. The van der Waals surface area contributed by atoms with Gasteiger partial charge in [0.05, 0.1) is 17.9 Å². The zero-order valence-corrected chi connectivity index (χ0v) is 15.0. The fourth-order valence-corrected chi connectivity index (χ4v) is 2.79. The number of hydrogen-bond donors (Lipinski definition) is 3. The van der Waals surface area contributed by atoms with Crippen LogP contribution in [0.2, 0.25) is 0 Å². The number of amides is 2. The zero-order valence-electron chi connectivity index (χ0n) is 14.2. The maximum absolute atomic E-state index is 12.5. The Morgan fingerprint density at radius 2 is 1.92 bits per heavy atom. The van der Waals surface area contributed by atoms with E-state index in [9.17, 15) is 9.59 Å². The van der Waals surface area contributed by atoms with Gasteiger partial charge in [-0.1, -0.05) is 6.07 Å². The number of aryl methyl sites for hydroxylation is 1. The Labute approximate surface area is 149 Å². The van der Waals surface area contributed by atoms with Crippen molar-refractivity contribution >= 4 is 39.9 Å². The third-order valence-corrected chi connectivity index (χ3v) is 4.16. The molecule has 25 heavy (non-hydrogen) atoms. The van der Waals surface area contributed by atoms with Crippen LogP contribution in [-0.2, 0) is 9.47 Å². The highest BCUT2D eigenvalue weighted by molar-refractivity contribution is 7.10. The molecule has 3 N–H and O–H groups in total. The predicted octanol–water partition coefficient (Wildman–Crippen LogP) is 2.94. The van der Waals surface area contributed by atoms with Gasteiger partial charge in [0.15, 0.2) is 0 Å². The van der Waals surface area contributed by atoms with Crippen molar-refractivity contribution in [1.82, 2.24) is 4.37 Å². The Bertz CT molecular complexity index is 747. The molecule has 0 aliphatic heterocycles. The highest BCUT2D eigenvalue weighted by Gasteiger charge is 2.18. The van der Waals surface area contributed by atoms with Gasteiger partial charge in [0, 0.05) is 25.5 Å². The molecule has 1 aromatic heterocycles.